The summed E-state index contributed by atoms with van der Waals surface area (Å²) in [6.45, 7) is 0. The molecule has 8 nitrogen and oxygen atoms in total. The first-order valence-electron chi connectivity index (χ1n) is 11.8. The van der Waals surface area contributed by atoms with Crippen LogP contribution in [0.1, 0.15) is 24.4 Å². The maximum Gasteiger partial charge on any atom is 0.229 e. The van der Waals surface area contributed by atoms with Gasteiger partial charge in [0, 0.05) is 24.2 Å². The normalized spacial score (nSPS) is 17.1. The standard InChI is InChI=1S/C28H28ClFN2O6/c1-35-19-8-5-16(6-9-19)26-20(28(34)31-17-7-11-22(30)21(29)13-17)10-12-25(33)32(26)18-14-23(36-2)27(38-4)24(15-18)37-3/h5-9,11,13-15,20,26H,10,12H2,1-4H3,(H,31,34)/t20-,26-/m0/s1. The average molecular weight is 543 g/mol. The van der Waals surface area contributed by atoms with Gasteiger partial charge in [0.1, 0.15) is 11.6 Å². The molecule has 0 saturated carbocycles. The minimum Gasteiger partial charge on any atom is -0.497 e. The predicted molar refractivity (Wildman–Crippen MR) is 142 cm³/mol. The number of hydrogen-bond donors (Lipinski definition) is 1. The van der Waals surface area contributed by atoms with Crippen molar-refractivity contribution in [3.63, 3.8) is 0 Å². The van der Waals surface area contributed by atoms with Crippen LogP contribution in [0.2, 0.25) is 5.02 Å². The quantitative estimate of drug-likeness (QED) is 0.397. The zero-order valence-electron chi connectivity index (χ0n) is 21.4. The Bertz CT molecular complexity index is 1310. The van der Waals surface area contributed by atoms with Gasteiger partial charge in [0.05, 0.1) is 51.1 Å². The second kappa shape index (κ2) is 11.6. The third-order valence-electron chi connectivity index (χ3n) is 6.51. The summed E-state index contributed by atoms with van der Waals surface area (Å²) < 4.78 is 35.4. The van der Waals surface area contributed by atoms with Gasteiger partial charge < -0.3 is 29.2 Å². The van der Waals surface area contributed by atoms with Crippen LogP contribution in [0.5, 0.6) is 23.0 Å². The molecule has 0 aromatic heterocycles. The van der Waals surface area contributed by atoms with Crippen LogP contribution < -0.4 is 29.2 Å². The molecule has 0 bridgehead atoms. The number of carbonyl (C=O) groups is 2. The van der Waals surface area contributed by atoms with Crippen molar-refractivity contribution in [1.82, 2.24) is 0 Å². The van der Waals surface area contributed by atoms with Gasteiger partial charge in [-0.3, -0.25) is 9.59 Å². The lowest BCUT2D eigenvalue weighted by Crippen LogP contribution is -2.47. The third-order valence-corrected chi connectivity index (χ3v) is 6.80. The van der Waals surface area contributed by atoms with Crippen molar-refractivity contribution in [3.05, 3.63) is 71.0 Å². The van der Waals surface area contributed by atoms with Crippen molar-refractivity contribution in [2.45, 2.75) is 18.9 Å². The second-order valence-corrected chi connectivity index (χ2v) is 9.04. The molecule has 3 aromatic carbocycles. The number of methoxy groups -OCH3 is 4. The maximum atomic E-state index is 13.7. The zero-order chi connectivity index (χ0) is 27.4. The number of nitrogens with one attached hydrogen (secondary N) is 1. The molecular formula is C28H28ClFN2O6. The topological polar surface area (TPSA) is 86.3 Å². The SMILES string of the molecule is COc1ccc([C@H]2[C@@H](C(=O)Nc3ccc(F)c(Cl)c3)CCC(=O)N2c2cc(OC)c(OC)c(OC)c2)cc1. The minimum absolute atomic E-state index is 0.104. The van der Waals surface area contributed by atoms with Gasteiger partial charge in [-0.25, -0.2) is 4.39 Å². The van der Waals surface area contributed by atoms with E-state index in [0.29, 0.717) is 40.8 Å². The summed E-state index contributed by atoms with van der Waals surface area (Å²) in [6, 6.07) is 13.8. The Balaban J connectivity index is 1.81. The van der Waals surface area contributed by atoms with Crippen molar-refractivity contribution in [2.75, 3.05) is 38.7 Å². The van der Waals surface area contributed by atoms with E-state index in [0.717, 1.165) is 5.56 Å². The number of piperidine rings is 1. The van der Waals surface area contributed by atoms with Crippen LogP contribution in [-0.2, 0) is 9.59 Å². The number of amides is 2. The molecule has 2 amide bonds. The van der Waals surface area contributed by atoms with Gasteiger partial charge in [-0.15, -0.1) is 0 Å². The van der Waals surface area contributed by atoms with E-state index in [1.165, 1.54) is 39.5 Å². The molecule has 38 heavy (non-hydrogen) atoms. The summed E-state index contributed by atoms with van der Waals surface area (Å²) >= 11 is 5.92. The molecule has 1 saturated heterocycles. The average Bonchev–Trinajstić information content (AvgIpc) is 2.93. The van der Waals surface area contributed by atoms with Crippen LogP contribution in [0.15, 0.2) is 54.6 Å². The van der Waals surface area contributed by atoms with Crippen LogP contribution in [0.25, 0.3) is 0 Å². The van der Waals surface area contributed by atoms with Gasteiger partial charge in [0.2, 0.25) is 17.6 Å². The lowest BCUT2D eigenvalue weighted by molar-refractivity contribution is -0.125. The van der Waals surface area contributed by atoms with Gasteiger partial charge in [0.25, 0.3) is 0 Å². The Kier molecular flexibility index (Phi) is 8.26. The van der Waals surface area contributed by atoms with Crippen LogP contribution >= 0.6 is 11.6 Å². The molecule has 0 unspecified atom stereocenters. The lowest BCUT2D eigenvalue weighted by Gasteiger charge is -2.41. The van der Waals surface area contributed by atoms with Gasteiger partial charge in [-0.05, 0) is 42.3 Å². The van der Waals surface area contributed by atoms with Gasteiger partial charge in [-0.2, -0.15) is 0 Å². The predicted octanol–water partition coefficient (Wildman–Crippen LogP) is 5.64. The Morgan fingerprint density at radius 1 is 0.947 bits per heavy atom. The summed E-state index contributed by atoms with van der Waals surface area (Å²) in [7, 11) is 6.04. The fourth-order valence-corrected chi connectivity index (χ4v) is 4.85. The number of rotatable bonds is 8. The molecule has 200 valence electrons. The molecule has 0 aliphatic carbocycles. The lowest BCUT2D eigenvalue weighted by atomic mass is 9.83. The number of anilines is 2. The van der Waals surface area contributed by atoms with E-state index in [2.05, 4.69) is 5.32 Å². The number of hydrogen-bond acceptors (Lipinski definition) is 6. The van der Waals surface area contributed by atoms with E-state index < -0.39 is 17.8 Å². The molecule has 10 heteroatoms. The fourth-order valence-electron chi connectivity index (χ4n) is 4.67. The van der Waals surface area contributed by atoms with E-state index >= 15 is 0 Å². The van der Waals surface area contributed by atoms with Gasteiger partial charge >= 0.3 is 0 Å². The first kappa shape index (κ1) is 27.1. The van der Waals surface area contributed by atoms with Crippen LogP contribution in [0, 0.1) is 11.7 Å². The highest BCUT2D eigenvalue weighted by atomic mass is 35.5. The highest BCUT2D eigenvalue weighted by Gasteiger charge is 2.42. The first-order valence-corrected chi connectivity index (χ1v) is 12.2. The van der Waals surface area contributed by atoms with Crippen LogP contribution in [-0.4, -0.2) is 40.3 Å². The van der Waals surface area contributed by atoms with E-state index in [-0.39, 0.29) is 23.3 Å². The molecule has 0 spiro atoms. The summed E-state index contributed by atoms with van der Waals surface area (Å²) in [5.41, 5.74) is 1.56. The summed E-state index contributed by atoms with van der Waals surface area (Å²) in [5.74, 6) is 0.0178. The zero-order valence-corrected chi connectivity index (χ0v) is 22.2. The molecule has 1 aliphatic heterocycles. The molecule has 1 heterocycles. The molecule has 4 rings (SSSR count). The maximum absolute atomic E-state index is 13.7. The van der Waals surface area contributed by atoms with Crippen molar-refractivity contribution < 1.29 is 32.9 Å². The van der Waals surface area contributed by atoms with E-state index in [4.69, 9.17) is 30.5 Å². The van der Waals surface area contributed by atoms with E-state index in [1.54, 1.807) is 36.3 Å². The third kappa shape index (κ3) is 5.33. The number of carbonyl (C=O) groups excluding carboxylic acids is 2. The number of nitrogens with zero attached hydrogens (tertiary/aromatic N) is 1. The van der Waals surface area contributed by atoms with Crippen LogP contribution in [0.4, 0.5) is 15.8 Å². The van der Waals surface area contributed by atoms with Crippen molar-refractivity contribution in [1.29, 1.82) is 0 Å². The van der Waals surface area contributed by atoms with Gasteiger partial charge in [0.15, 0.2) is 11.5 Å². The molecule has 1 fully saturated rings. The summed E-state index contributed by atoms with van der Waals surface area (Å²) in [5, 5.41) is 2.73. The first-order chi connectivity index (χ1) is 18.3. The van der Waals surface area contributed by atoms with Crippen molar-refractivity contribution in [3.8, 4) is 23.0 Å². The largest absolute Gasteiger partial charge is 0.497 e. The minimum atomic E-state index is -0.680. The Morgan fingerprint density at radius 2 is 1.61 bits per heavy atom. The highest BCUT2D eigenvalue weighted by Crippen LogP contribution is 2.46. The molecule has 0 radical (unpaired) electrons. The van der Waals surface area contributed by atoms with E-state index in [9.17, 15) is 14.0 Å². The Hall–Kier alpha value is -3.98. The second-order valence-electron chi connectivity index (χ2n) is 8.63. The summed E-state index contributed by atoms with van der Waals surface area (Å²) in [4.78, 5) is 28.7. The van der Waals surface area contributed by atoms with Crippen LogP contribution in [0.3, 0.4) is 0 Å². The molecule has 1 aliphatic rings. The highest BCUT2D eigenvalue weighted by molar-refractivity contribution is 6.31. The van der Waals surface area contributed by atoms with Crippen molar-refractivity contribution in [2.24, 2.45) is 5.92 Å². The molecule has 1 N–H and O–H groups in total. The molecule has 3 aromatic rings. The van der Waals surface area contributed by atoms with Crippen molar-refractivity contribution >= 4 is 34.8 Å². The number of ether oxygens (including phenoxy) is 4. The Morgan fingerprint density at radius 3 is 2.16 bits per heavy atom. The smallest absolute Gasteiger partial charge is 0.229 e. The number of benzene rings is 3. The molecule has 2 atom stereocenters. The van der Waals surface area contributed by atoms with Gasteiger partial charge in [-0.1, -0.05) is 23.7 Å². The number of halogens is 2. The van der Waals surface area contributed by atoms with E-state index in [1.807, 2.05) is 12.1 Å². The Labute approximate surface area is 225 Å². The fraction of sp³-hybridized carbons (Fsp3) is 0.286. The summed E-state index contributed by atoms with van der Waals surface area (Å²) in [6.07, 6.45) is 0.433. The molecular weight excluding hydrogens is 515 g/mol. The monoisotopic (exact) mass is 542 g/mol.